The van der Waals surface area contributed by atoms with Crippen molar-refractivity contribution in [3.8, 4) is 0 Å². The van der Waals surface area contributed by atoms with Gasteiger partial charge in [-0.25, -0.2) is 19.0 Å². The highest BCUT2D eigenvalue weighted by Gasteiger charge is 2.21. The van der Waals surface area contributed by atoms with Crippen LogP contribution in [0.5, 0.6) is 0 Å². The summed E-state index contributed by atoms with van der Waals surface area (Å²) in [5.41, 5.74) is 7.59. The van der Waals surface area contributed by atoms with Crippen molar-refractivity contribution in [2.24, 2.45) is 0 Å². The number of aromatic nitrogens is 2. The maximum atomic E-state index is 12.9. The number of carbonyl (C=O) groups excluding carboxylic acids is 1. The molecule has 0 unspecified atom stereocenters. The number of anilines is 1. The molecule has 4 aromatic rings. The Morgan fingerprint density at radius 2 is 1.62 bits per heavy atom. The molecule has 0 fully saturated rings. The van der Waals surface area contributed by atoms with E-state index in [2.05, 4.69) is 4.98 Å². The number of hydrogen-bond acceptors (Lipinski definition) is 5. The van der Waals surface area contributed by atoms with Crippen LogP contribution in [-0.2, 0) is 11.3 Å². The van der Waals surface area contributed by atoms with E-state index in [1.54, 1.807) is 47.2 Å². The fourth-order valence-corrected chi connectivity index (χ4v) is 2.95. The van der Waals surface area contributed by atoms with Crippen molar-refractivity contribution in [3.05, 3.63) is 95.6 Å². The van der Waals surface area contributed by atoms with E-state index in [-0.39, 0.29) is 16.9 Å². The van der Waals surface area contributed by atoms with Gasteiger partial charge in [-0.1, -0.05) is 12.1 Å². The number of carbonyl (C=O) groups is 3. The van der Waals surface area contributed by atoms with Gasteiger partial charge in [0.25, 0.3) is 5.78 Å². The molecule has 0 radical (unpaired) electrons. The number of Topliss-reactive ketones (excluding diaryl/α,β-unsaturated/α-hetero) is 1. The molecule has 162 valence electrons. The topological polar surface area (TPSA) is 136 Å². The Morgan fingerprint density at radius 1 is 0.969 bits per heavy atom. The van der Waals surface area contributed by atoms with E-state index in [1.807, 2.05) is 0 Å². The van der Waals surface area contributed by atoms with Crippen molar-refractivity contribution in [1.29, 1.82) is 0 Å². The summed E-state index contributed by atoms with van der Waals surface area (Å²) >= 11 is 0. The summed E-state index contributed by atoms with van der Waals surface area (Å²) in [5, 5.41) is 17.8. The second kappa shape index (κ2) is 9.52. The molecule has 32 heavy (non-hydrogen) atoms. The first kappa shape index (κ1) is 22.2. The molecule has 0 atom stereocenters. The number of hydrogen-bond donors (Lipinski definition) is 3. The van der Waals surface area contributed by atoms with Gasteiger partial charge >= 0.3 is 11.9 Å². The van der Waals surface area contributed by atoms with Crippen LogP contribution in [0.2, 0.25) is 0 Å². The number of nitrogens with two attached hydrogens (primary N) is 1. The fourth-order valence-electron chi connectivity index (χ4n) is 2.95. The Labute approximate surface area is 181 Å². The average molecular weight is 435 g/mol. The average Bonchev–Trinajstić information content (AvgIpc) is 3.14. The highest BCUT2D eigenvalue weighted by Crippen LogP contribution is 2.21. The van der Waals surface area contributed by atoms with Gasteiger partial charge in [-0.15, -0.1) is 0 Å². The van der Waals surface area contributed by atoms with E-state index in [0.717, 1.165) is 5.56 Å². The smallest absolute Gasteiger partial charge is 0.377 e. The van der Waals surface area contributed by atoms with Crippen LogP contribution in [0.25, 0.3) is 11.0 Å². The second-order valence-electron chi connectivity index (χ2n) is 6.73. The van der Waals surface area contributed by atoms with Crippen molar-refractivity contribution in [1.82, 2.24) is 9.55 Å². The van der Waals surface area contributed by atoms with Crippen molar-refractivity contribution in [3.63, 3.8) is 0 Å². The van der Waals surface area contributed by atoms with E-state index >= 15 is 0 Å². The lowest BCUT2D eigenvalue weighted by atomic mass is 10.1. The van der Waals surface area contributed by atoms with Gasteiger partial charge in [0.05, 0.1) is 11.1 Å². The van der Waals surface area contributed by atoms with Crippen LogP contribution < -0.4 is 5.73 Å². The summed E-state index contributed by atoms with van der Waals surface area (Å²) in [4.78, 5) is 37.2. The Kier molecular flexibility index (Phi) is 6.59. The van der Waals surface area contributed by atoms with Gasteiger partial charge in [-0.2, -0.15) is 0 Å². The number of carboxylic acids is 2. The van der Waals surface area contributed by atoms with Crippen LogP contribution >= 0.6 is 0 Å². The Hall–Kier alpha value is -4.53. The maximum Gasteiger partial charge on any atom is 0.377 e. The normalized spacial score (nSPS) is 10.3. The van der Waals surface area contributed by atoms with Gasteiger partial charge in [-0.05, 0) is 54.1 Å². The second-order valence-corrected chi connectivity index (χ2v) is 6.73. The quantitative estimate of drug-likeness (QED) is 0.248. The number of ketones is 1. The Bertz CT molecular complexity index is 1280. The Morgan fingerprint density at radius 3 is 2.22 bits per heavy atom. The molecule has 4 N–H and O–H groups in total. The third kappa shape index (κ3) is 5.14. The molecule has 2 heterocycles. The van der Waals surface area contributed by atoms with E-state index in [4.69, 9.17) is 15.9 Å². The number of fused-ring (bicyclic) bond motifs is 1. The molecule has 9 heteroatoms. The van der Waals surface area contributed by atoms with Gasteiger partial charge < -0.3 is 20.5 Å². The number of aliphatic carboxylic acids is 1. The lowest BCUT2D eigenvalue weighted by Gasteiger charge is -2.04. The predicted octanol–water partition coefficient (Wildman–Crippen LogP) is 3.46. The molecule has 0 amide bonds. The number of aromatic carboxylic acids is 1. The van der Waals surface area contributed by atoms with Crippen LogP contribution in [-0.4, -0.2) is 37.5 Å². The number of halogens is 1. The summed E-state index contributed by atoms with van der Waals surface area (Å²) in [7, 11) is 0. The van der Waals surface area contributed by atoms with Gasteiger partial charge in [0.2, 0.25) is 0 Å². The van der Waals surface area contributed by atoms with Gasteiger partial charge in [-0.3, -0.25) is 4.79 Å². The molecule has 2 aromatic carbocycles. The summed E-state index contributed by atoms with van der Waals surface area (Å²) < 4.78 is 14.6. The first-order chi connectivity index (χ1) is 15.3. The molecule has 0 aliphatic heterocycles. The Balaban J connectivity index is 0.000000243. The van der Waals surface area contributed by atoms with E-state index in [1.165, 1.54) is 30.5 Å². The van der Waals surface area contributed by atoms with Crippen LogP contribution in [0.4, 0.5) is 10.1 Å². The number of nitrogens with zero attached hydrogens (tertiary/aromatic N) is 2. The van der Waals surface area contributed by atoms with Gasteiger partial charge in [0.1, 0.15) is 11.5 Å². The van der Waals surface area contributed by atoms with Crippen LogP contribution in [0.15, 0.2) is 73.1 Å². The summed E-state index contributed by atoms with van der Waals surface area (Å²) in [6, 6.07) is 15.3. The van der Waals surface area contributed by atoms with Gasteiger partial charge in [0.15, 0.2) is 0 Å². The highest BCUT2D eigenvalue weighted by atomic mass is 19.1. The molecular formula is C23H18FN3O5. The van der Waals surface area contributed by atoms with Crippen LogP contribution in [0.3, 0.4) is 0 Å². The molecule has 8 nitrogen and oxygen atoms in total. The van der Waals surface area contributed by atoms with Crippen molar-refractivity contribution in [2.75, 3.05) is 5.73 Å². The largest absolute Gasteiger partial charge is 0.478 e. The third-order valence-electron chi connectivity index (χ3n) is 4.50. The minimum Gasteiger partial charge on any atom is -0.478 e. The monoisotopic (exact) mass is 435 g/mol. The SMILES string of the molecule is Nc1ccc(C(=O)O)cc1.O=C(O)C(=O)c1cn(Cc2ccc(F)cc2)c2ncccc12. The molecule has 0 spiro atoms. The molecule has 4 rings (SSSR count). The zero-order valence-corrected chi connectivity index (χ0v) is 16.6. The first-order valence-electron chi connectivity index (χ1n) is 9.31. The van der Waals surface area contributed by atoms with Crippen molar-refractivity contribution in [2.45, 2.75) is 6.54 Å². The standard InChI is InChI=1S/C16H11FN2O3.C7H7NO2/c17-11-5-3-10(4-6-11)8-19-9-13(14(20)16(21)22)12-2-1-7-18-15(12)19;8-6-3-1-5(2-4-6)7(9)10/h1-7,9H,8H2,(H,21,22);1-4H,8H2,(H,9,10). The number of benzene rings is 2. The summed E-state index contributed by atoms with van der Waals surface area (Å²) in [6.07, 6.45) is 3.04. The zero-order chi connectivity index (χ0) is 23.3. The van der Waals surface area contributed by atoms with Crippen molar-refractivity contribution >= 4 is 34.4 Å². The minimum atomic E-state index is -1.51. The number of nitrogen functional groups attached to an aromatic ring is 1. The first-order valence-corrected chi connectivity index (χ1v) is 9.31. The number of pyridine rings is 1. The molecule has 0 aliphatic rings. The van der Waals surface area contributed by atoms with E-state index in [0.29, 0.717) is 23.3 Å². The third-order valence-corrected chi connectivity index (χ3v) is 4.50. The number of carboxylic acid groups (broad SMARTS) is 2. The number of rotatable bonds is 5. The lowest BCUT2D eigenvalue weighted by Crippen LogP contribution is -2.12. The molecule has 0 bridgehead atoms. The molecule has 0 saturated heterocycles. The maximum absolute atomic E-state index is 12.9. The summed E-state index contributed by atoms with van der Waals surface area (Å²) in [5.74, 6) is -3.75. The van der Waals surface area contributed by atoms with E-state index < -0.39 is 17.7 Å². The van der Waals surface area contributed by atoms with Gasteiger partial charge in [0, 0.05) is 30.0 Å². The molecule has 0 saturated carbocycles. The minimum absolute atomic E-state index is 0.0951. The summed E-state index contributed by atoms with van der Waals surface area (Å²) in [6.45, 7) is 0.362. The van der Waals surface area contributed by atoms with E-state index in [9.17, 15) is 18.8 Å². The molecule has 0 aliphatic carbocycles. The van der Waals surface area contributed by atoms with Crippen LogP contribution in [0, 0.1) is 5.82 Å². The molecule has 2 aromatic heterocycles. The van der Waals surface area contributed by atoms with Crippen molar-refractivity contribution < 1.29 is 29.0 Å². The predicted molar refractivity (Wildman–Crippen MR) is 115 cm³/mol. The highest BCUT2D eigenvalue weighted by molar-refractivity contribution is 6.42. The zero-order valence-electron chi connectivity index (χ0n) is 16.6. The molecular weight excluding hydrogens is 417 g/mol. The fraction of sp³-hybridized carbons (Fsp3) is 0.0435. The lowest BCUT2D eigenvalue weighted by molar-refractivity contribution is -0.131. The van der Waals surface area contributed by atoms with Crippen LogP contribution in [0.1, 0.15) is 26.3 Å².